The molecule has 0 spiro atoms. The Bertz CT molecular complexity index is 426. The van der Waals surface area contributed by atoms with E-state index in [2.05, 4.69) is 5.32 Å². The summed E-state index contributed by atoms with van der Waals surface area (Å²) < 4.78 is 23.4. The highest BCUT2D eigenvalue weighted by Gasteiger charge is 2.26. The lowest BCUT2D eigenvalue weighted by atomic mass is 10.3. The van der Waals surface area contributed by atoms with E-state index < -0.39 is 9.84 Å². The fourth-order valence-electron chi connectivity index (χ4n) is 1.48. The first kappa shape index (κ1) is 10.4. The van der Waals surface area contributed by atoms with Crippen molar-refractivity contribution in [3.63, 3.8) is 0 Å². The summed E-state index contributed by atoms with van der Waals surface area (Å²) in [5.41, 5.74) is 0. The van der Waals surface area contributed by atoms with Gasteiger partial charge in [-0.1, -0.05) is 11.6 Å². The number of sulfone groups is 1. The molecule has 0 aliphatic carbocycles. The van der Waals surface area contributed by atoms with E-state index in [1.165, 1.54) is 11.3 Å². The smallest absolute Gasteiger partial charge is 0.153 e. The van der Waals surface area contributed by atoms with Crippen molar-refractivity contribution in [1.29, 1.82) is 0 Å². The Balaban J connectivity index is 2.20. The van der Waals surface area contributed by atoms with Crippen LogP contribution in [0.2, 0.25) is 4.34 Å². The molecular weight excluding hydrogens is 242 g/mol. The standard InChI is InChI=1S/C8H10ClNO2S2/c9-8-2-1-7(13-8)6-5-14(11,12)4-3-10-6/h1-2,6,10H,3-5H2. The van der Waals surface area contributed by atoms with Crippen LogP contribution >= 0.6 is 22.9 Å². The summed E-state index contributed by atoms with van der Waals surface area (Å²) in [6, 6.07) is 3.60. The van der Waals surface area contributed by atoms with Crippen LogP contribution in [0.15, 0.2) is 12.1 Å². The molecule has 14 heavy (non-hydrogen) atoms. The summed E-state index contributed by atoms with van der Waals surface area (Å²) in [5.74, 6) is 0.423. The fourth-order valence-corrected chi connectivity index (χ4v) is 4.13. The van der Waals surface area contributed by atoms with Crippen molar-refractivity contribution in [3.05, 3.63) is 21.3 Å². The van der Waals surface area contributed by atoms with Gasteiger partial charge in [-0.2, -0.15) is 0 Å². The van der Waals surface area contributed by atoms with Gasteiger partial charge in [0, 0.05) is 11.4 Å². The normalized spacial score (nSPS) is 26.2. The average molecular weight is 252 g/mol. The number of rotatable bonds is 1. The van der Waals surface area contributed by atoms with Crippen LogP contribution in [0.5, 0.6) is 0 Å². The van der Waals surface area contributed by atoms with Crippen LogP contribution in [0.4, 0.5) is 0 Å². The van der Waals surface area contributed by atoms with Gasteiger partial charge in [-0.05, 0) is 12.1 Å². The lowest BCUT2D eigenvalue weighted by Crippen LogP contribution is -2.38. The van der Waals surface area contributed by atoms with Crippen LogP contribution in [0.25, 0.3) is 0 Å². The van der Waals surface area contributed by atoms with Crippen LogP contribution < -0.4 is 5.32 Å². The Labute approximate surface area is 92.0 Å². The summed E-state index contributed by atoms with van der Waals surface area (Å²) in [6.45, 7) is 0.530. The molecule has 0 amide bonds. The van der Waals surface area contributed by atoms with Gasteiger partial charge in [0.05, 0.1) is 21.9 Å². The first-order valence-corrected chi connectivity index (χ1v) is 7.27. The van der Waals surface area contributed by atoms with E-state index >= 15 is 0 Å². The number of nitrogens with one attached hydrogen (secondary N) is 1. The van der Waals surface area contributed by atoms with Crippen molar-refractivity contribution in [2.75, 3.05) is 18.1 Å². The molecule has 0 bridgehead atoms. The molecule has 1 aliphatic rings. The Kier molecular flexibility index (Phi) is 2.83. The molecule has 1 unspecified atom stereocenters. The second-order valence-corrected chi connectivity index (χ2v) is 7.24. The minimum absolute atomic E-state index is 0.0775. The third-order valence-corrected chi connectivity index (χ3v) is 5.17. The third-order valence-electron chi connectivity index (χ3n) is 2.16. The van der Waals surface area contributed by atoms with Crippen LogP contribution in [-0.4, -0.2) is 26.5 Å². The molecule has 1 N–H and O–H groups in total. The van der Waals surface area contributed by atoms with Gasteiger partial charge < -0.3 is 5.32 Å². The predicted octanol–water partition coefficient (Wildman–Crippen LogP) is 1.46. The van der Waals surface area contributed by atoms with E-state index in [9.17, 15) is 8.42 Å². The molecule has 1 saturated heterocycles. The van der Waals surface area contributed by atoms with Crippen molar-refractivity contribution in [2.45, 2.75) is 6.04 Å². The molecule has 1 aromatic rings. The molecule has 1 atom stereocenters. The summed E-state index contributed by atoms with van der Waals surface area (Å²) in [4.78, 5) is 0.998. The third kappa shape index (κ3) is 2.28. The Morgan fingerprint density at radius 2 is 2.29 bits per heavy atom. The molecule has 2 rings (SSSR count). The Morgan fingerprint density at radius 1 is 1.50 bits per heavy atom. The van der Waals surface area contributed by atoms with Crippen molar-refractivity contribution in [3.8, 4) is 0 Å². The molecule has 0 saturated carbocycles. The van der Waals surface area contributed by atoms with Crippen molar-refractivity contribution < 1.29 is 8.42 Å². The number of hydrogen-bond donors (Lipinski definition) is 1. The van der Waals surface area contributed by atoms with Gasteiger partial charge in [-0.25, -0.2) is 8.42 Å². The second-order valence-electron chi connectivity index (χ2n) is 3.26. The SMILES string of the molecule is O=S1(=O)CCNC(c2ccc(Cl)s2)C1. The van der Waals surface area contributed by atoms with E-state index in [1.54, 1.807) is 6.07 Å². The minimum Gasteiger partial charge on any atom is -0.307 e. The lowest BCUT2D eigenvalue weighted by molar-refractivity contribution is 0.535. The van der Waals surface area contributed by atoms with Gasteiger partial charge in [-0.15, -0.1) is 11.3 Å². The van der Waals surface area contributed by atoms with Crippen LogP contribution in [-0.2, 0) is 9.84 Å². The van der Waals surface area contributed by atoms with Gasteiger partial charge in [0.15, 0.2) is 9.84 Å². The number of halogens is 1. The zero-order valence-electron chi connectivity index (χ0n) is 7.36. The maximum Gasteiger partial charge on any atom is 0.153 e. The molecule has 0 radical (unpaired) electrons. The van der Waals surface area contributed by atoms with E-state index in [0.29, 0.717) is 10.9 Å². The van der Waals surface area contributed by atoms with Crippen molar-refractivity contribution >= 4 is 32.8 Å². The van der Waals surface area contributed by atoms with Gasteiger partial charge in [0.2, 0.25) is 0 Å². The summed E-state index contributed by atoms with van der Waals surface area (Å²) in [7, 11) is -2.87. The molecule has 0 aromatic carbocycles. The fraction of sp³-hybridized carbons (Fsp3) is 0.500. The zero-order valence-corrected chi connectivity index (χ0v) is 9.75. The van der Waals surface area contributed by atoms with Crippen LogP contribution in [0.1, 0.15) is 10.9 Å². The van der Waals surface area contributed by atoms with E-state index in [1.807, 2.05) is 6.07 Å². The Hall–Kier alpha value is -0.100. The van der Waals surface area contributed by atoms with Crippen molar-refractivity contribution in [1.82, 2.24) is 5.32 Å². The predicted molar refractivity (Wildman–Crippen MR) is 58.7 cm³/mol. The molecule has 3 nitrogen and oxygen atoms in total. The van der Waals surface area contributed by atoms with Crippen molar-refractivity contribution in [2.24, 2.45) is 0 Å². The summed E-state index contributed by atoms with van der Waals surface area (Å²) >= 11 is 7.23. The van der Waals surface area contributed by atoms with Crippen LogP contribution in [0.3, 0.4) is 0 Å². The van der Waals surface area contributed by atoms with Crippen LogP contribution in [0, 0.1) is 0 Å². The van der Waals surface area contributed by atoms with Gasteiger partial charge in [-0.3, -0.25) is 0 Å². The molecule has 1 aliphatic heterocycles. The highest BCUT2D eigenvalue weighted by atomic mass is 35.5. The first-order valence-electron chi connectivity index (χ1n) is 4.26. The van der Waals surface area contributed by atoms with E-state index in [0.717, 1.165) is 4.88 Å². The van der Waals surface area contributed by atoms with Gasteiger partial charge >= 0.3 is 0 Å². The first-order chi connectivity index (χ1) is 6.57. The Morgan fingerprint density at radius 3 is 2.86 bits per heavy atom. The molecular formula is C8H10ClNO2S2. The van der Waals surface area contributed by atoms with E-state index in [-0.39, 0.29) is 17.5 Å². The quantitative estimate of drug-likeness (QED) is 0.822. The topological polar surface area (TPSA) is 46.2 Å². The maximum atomic E-state index is 11.4. The molecule has 78 valence electrons. The highest BCUT2D eigenvalue weighted by Crippen LogP contribution is 2.28. The lowest BCUT2D eigenvalue weighted by Gasteiger charge is -2.22. The number of thiophene rings is 1. The highest BCUT2D eigenvalue weighted by molar-refractivity contribution is 7.91. The largest absolute Gasteiger partial charge is 0.307 e. The minimum atomic E-state index is -2.87. The summed E-state index contributed by atoms with van der Waals surface area (Å²) in [5, 5.41) is 3.18. The molecule has 2 heterocycles. The second kappa shape index (κ2) is 3.81. The average Bonchev–Trinajstić information content (AvgIpc) is 2.50. The van der Waals surface area contributed by atoms with E-state index in [4.69, 9.17) is 11.6 Å². The molecule has 6 heteroatoms. The van der Waals surface area contributed by atoms with Gasteiger partial charge in [0.25, 0.3) is 0 Å². The maximum absolute atomic E-state index is 11.4. The van der Waals surface area contributed by atoms with Gasteiger partial charge in [0.1, 0.15) is 0 Å². The monoisotopic (exact) mass is 251 g/mol. The molecule has 1 fully saturated rings. The molecule has 1 aromatic heterocycles. The summed E-state index contributed by atoms with van der Waals surface area (Å²) in [6.07, 6.45) is 0. The number of hydrogen-bond acceptors (Lipinski definition) is 4. The zero-order chi connectivity index (χ0) is 10.2.